The first kappa shape index (κ1) is 12.8. The fourth-order valence-corrected chi connectivity index (χ4v) is 1.53. The summed E-state index contributed by atoms with van der Waals surface area (Å²) in [6.07, 6.45) is -3.51. The number of hydrogen-bond acceptors (Lipinski definition) is 2. The molecule has 7 heteroatoms. The van der Waals surface area contributed by atoms with Crippen LogP contribution in [0.1, 0.15) is 5.56 Å². The maximum Gasteiger partial charge on any atom is 0.416 e. The van der Waals surface area contributed by atoms with E-state index in [1.165, 1.54) is 12.1 Å². The lowest BCUT2D eigenvalue weighted by Gasteiger charge is -2.08. The molecule has 1 aromatic heterocycles. The van der Waals surface area contributed by atoms with E-state index in [-0.39, 0.29) is 11.3 Å². The van der Waals surface area contributed by atoms with Gasteiger partial charge in [0.05, 0.1) is 5.56 Å². The maximum absolute atomic E-state index is 13.6. The number of benzene rings is 1. The topological polar surface area (TPSA) is 25.8 Å². The predicted molar refractivity (Wildman–Crippen MR) is 57.4 cm³/mol. The van der Waals surface area contributed by atoms with E-state index in [0.717, 1.165) is 18.5 Å². The van der Waals surface area contributed by atoms with Gasteiger partial charge < -0.3 is 0 Å². The van der Waals surface area contributed by atoms with Gasteiger partial charge in [0, 0.05) is 5.56 Å². The van der Waals surface area contributed by atoms with Crippen LogP contribution >= 0.6 is 11.6 Å². The van der Waals surface area contributed by atoms with Gasteiger partial charge in [0.1, 0.15) is 12.0 Å². The molecule has 94 valence electrons. The van der Waals surface area contributed by atoms with Crippen molar-refractivity contribution in [2.75, 3.05) is 0 Å². The van der Waals surface area contributed by atoms with Gasteiger partial charge in [-0.05, 0) is 12.1 Å². The lowest BCUT2D eigenvalue weighted by molar-refractivity contribution is -0.137. The molecule has 0 fully saturated rings. The van der Waals surface area contributed by atoms with Gasteiger partial charge in [0.25, 0.3) is 0 Å². The van der Waals surface area contributed by atoms with E-state index >= 15 is 0 Å². The van der Waals surface area contributed by atoms with Gasteiger partial charge in [0.15, 0.2) is 11.0 Å². The molecule has 0 saturated heterocycles. The van der Waals surface area contributed by atoms with Gasteiger partial charge in [-0.2, -0.15) is 13.2 Å². The second-order valence-corrected chi connectivity index (χ2v) is 3.76. The van der Waals surface area contributed by atoms with E-state index in [9.17, 15) is 17.6 Å². The first-order valence-corrected chi connectivity index (χ1v) is 5.11. The SMILES string of the molecule is Fc1c(Cl)ncnc1-c1cccc(C(F)(F)F)c1. The average molecular weight is 277 g/mol. The predicted octanol–water partition coefficient (Wildman–Crippen LogP) is 3.95. The summed E-state index contributed by atoms with van der Waals surface area (Å²) in [6.45, 7) is 0. The third kappa shape index (κ3) is 2.43. The molecule has 0 bridgehead atoms. The summed E-state index contributed by atoms with van der Waals surface area (Å²) in [4.78, 5) is 6.99. The minimum atomic E-state index is -4.50. The van der Waals surface area contributed by atoms with Crippen molar-refractivity contribution in [1.82, 2.24) is 9.97 Å². The Morgan fingerprint density at radius 2 is 1.83 bits per heavy atom. The van der Waals surface area contributed by atoms with Crippen molar-refractivity contribution < 1.29 is 17.6 Å². The molecule has 0 aliphatic rings. The fourth-order valence-electron chi connectivity index (χ4n) is 1.39. The number of aromatic nitrogens is 2. The second kappa shape index (κ2) is 4.53. The highest BCUT2D eigenvalue weighted by atomic mass is 35.5. The molecule has 2 nitrogen and oxygen atoms in total. The molecule has 2 rings (SSSR count). The maximum atomic E-state index is 13.6. The highest BCUT2D eigenvalue weighted by Crippen LogP contribution is 2.32. The molecule has 0 N–H and O–H groups in total. The van der Waals surface area contributed by atoms with Crippen molar-refractivity contribution in [3.63, 3.8) is 0 Å². The van der Waals surface area contributed by atoms with Crippen molar-refractivity contribution in [1.29, 1.82) is 0 Å². The number of hydrogen-bond donors (Lipinski definition) is 0. The average Bonchev–Trinajstić information content (AvgIpc) is 2.32. The van der Waals surface area contributed by atoms with Crippen molar-refractivity contribution in [2.45, 2.75) is 6.18 Å². The standard InChI is InChI=1S/C11H5ClF4N2/c12-10-8(13)9(17-5-18-10)6-2-1-3-7(4-6)11(14,15)16/h1-5H. The highest BCUT2D eigenvalue weighted by Gasteiger charge is 2.30. The monoisotopic (exact) mass is 276 g/mol. The summed E-state index contributed by atoms with van der Waals surface area (Å²) in [5, 5.41) is -0.433. The minimum absolute atomic E-state index is 0.00775. The smallest absolute Gasteiger partial charge is 0.233 e. The van der Waals surface area contributed by atoms with Crippen LogP contribution in [0.15, 0.2) is 30.6 Å². The molecular formula is C11H5ClF4N2. The number of halogens is 5. The van der Waals surface area contributed by atoms with Gasteiger partial charge in [-0.3, -0.25) is 0 Å². The highest BCUT2D eigenvalue weighted by molar-refractivity contribution is 6.29. The minimum Gasteiger partial charge on any atom is -0.233 e. The van der Waals surface area contributed by atoms with Crippen LogP contribution in [0.2, 0.25) is 5.15 Å². The van der Waals surface area contributed by atoms with E-state index in [1.807, 2.05) is 0 Å². The first-order valence-electron chi connectivity index (χ1n) is 4.73. The Morgan fingerprint density at radius 1 is 1.11 bits per heavy atom. The summed E-state index contributed by atoms with van der Waals surface area (Å²) in [7, 11) is 0. The van der Waals surface area contributed by atoms with Gasteiger partial charge in [-0.15, -0.1) is 0 Å². The molecule has 1 heterocycles. The molecule has 0 radical (unpaired) electrons. The van der Waals surface area contributed by atoms with E-state index in [0.29, 0.717) is 0 Å². The molecule has 0 spiro atoms. The van der Waals surface area contributed by atoms with Crippen molar-refractivity contribution in [2.24, 2.45) is 0 Å². The summed E-state index contributed by atoms with van der Waals surface area (Å²) < 4.78 is 51.1. The molecule has 2 aromatic rings. The Balaban J connectivity index is 2.55. The number of nitrogens with zero attached hydrogens (tertiary/aromatic N) is 2. The fraction of sp³-hybridized carbons (Fsp3) is 0.0909. The summed E-state index contributed by atoms with van der Waals surface area (Å²) in [6, 6.07) is 4.19. The van der Waals surface area contributed by atoms with Gasteiger partial charge in [-0.25, -0.2) is 14.4 Å². The molecule has 0 unspecified atom stereocenters. The van der Waals surface area contributed by atoms with Crippen LogP contribution in [0, 0.1) is 5.82 Å². The summed E-state index contributed by atoms with van der Waals surface area (Å²) in [5.41, 5.74) is -1.15. The molecule has 0 amide bonds. The zero-order valence-corrected chi connectivity index (χ0v) is 9.43. The molecule has 0 saturated carbocycles. The molecule has 0 aliphatic carbocycles. The summed E-state index contributed by atoms with van der Waals surface area (Å²) >= 11 is 5.45. The quantitative estimate of drug-likeness (QED) is 0.582. The van der Waals surface area contributed by atoms with Crippen LogP contribution < -0.4 is 0 Å². The zero-order chi connectivity index (χ0) is 13.3. The van der Waals surface area contributed by atoms with Crippen molar-refractivity contribution in [3.8, 4) is 11.3 Å². The van der Waals surface area contributed by atoms with E-state index in [4.69, 9.17) is 11.6 Å². The first-order chi connectivity index (χ1) is 8.39. The largest absolute Gasteiger partial charge is 0.416 e. The Bertz CT molecular complexity index is 583. The van der Waals surface area contributed by atoms with Gasteiger partial charge >= 0.3 is 6.18 Å². The zero-order valence-electron chi connectivity index (χ0n) is 8.67. The van der Waals surface area contributed by atoms with Crippen LogP contribution in [-0.2, 0) is 6.18 Å². The van der Waals surface area contributed by atoms with Gasteiger partial charge in [-0.1, -0.05) is 23.7 Å². The third-order valence-electron chi connectivity index (χ3n) is 2.21. The van der Waals surface area contributed by atoms with Crippen LogP contribution in [0.4, 0.5) is 17.6 Å². The number of alkyl halides is 3. The van der Waals surface area contributed by atoms with E-state index in [1.54, 1.807) is 0 Å². The van der Waals surface area contributed by atoms with Crippen LogP contribution in [-0.4, -0.2) is 9.97 Å². The summed E-state index contributed by atoms with van der Waals surface area (Å²) in [5.74, 6) is -0.946. The lowest BCUT2D eigenvalue weighted by atomic mass is 10.1. The lowest BCUT2D eigenvalue weighted by Crippen LogP contribution is -2.05. The third-order valence-corrected chi connectivity index (χ3v) is 2.47. The second-order valence-electron chi connectivity index (χ2n) is 3.41. The van der Waals surface area contributed by atoms with Crippen LogP contribution in [0.3, 0.4) is 0 Å². The Morgan fingerprint density at radius 3 is 2.50 bits per heavy atom. The van der Waals surface area contributed by atoms with Gasteiger partial charge in [0.2, 0.25) is 0 Å². The normalized spacial score (nSPS) is 11.6. The van der Waals surface area contributed by atoms with Crippen LogP contribution in [0.5, 0.6) is 0 Å². The molecule has 0 atom stereocenters. The molecule has 1 aromatic carbocycles. The molecule has 0 aliphatic heterocycles. The Hall–Kier alpha value is -1.69. The molecule has 18 heavy (non-hydrogen) atoms. The van der Waals surface area contributed by atoms with E-state index in [2.05, 4.69) is 9.97 Å². The van der Waals surface area contributed by atoms with Crippen LogP contribution in [0.25, 0.3) is 11.3 Å². The van der Waals surface area contributed by atoms with E-state index < -0.39 is 22.7 Å². The van der Waals surface area contributed by atoms with Crippen molar-refractivity contribution in [3.05, 3.63) is 47.1 Å². The Kier molecular flexibility index (Phi) is 3.21. The van der Waals surface area contributed by atoms with Crippen molar-refractivity contribution >= 4 is 11.6 Å². The molecular weight excluding hydrogens is 272 g/mol. The Labute approximate surface area is 104 Å². The number of rotatable bonds is 1.